The van der Waals surface area contributed by atoms with E-state index in [-0.39, 0.29) is 12.5 Å². The van der Waals surface area contributed by atoms with Crippen LogP contribution in [0.5, 0.6) is 0 Å². The van der Waals surface area contributed by atoms with E-state index in [0.29, 0.717) is 0 Å². The van der Waals surface area contributed by atoms with E-state index in [0.717, 1.165) is 5.56 Å². The van der Waals surface area contributed by atoms with Gasteiger partial charge in [-0.05, 0) is 11.6 Å². The summed E-state index contributed by atoms with van der Waals surface area (Å²) >= 11 is 0. The third kappa shape index (κ3) is 4.39. The van der Waals surface area contributed by atoms with Crippen molar-refractivity contribution in [1.29, 1.82) is 0 Å². The van der Waals surface area contributed by atoms with E-state index in [1.165, 1.54) is 6.08 Å². The first-order valence-corrected chi connectivity index (χ1v) is 4.73. The lowest BCUT2D eigenvalue weighted by Crippen LogP contribution is -2.39. The molecule has 0 radical (unpaired) electrons. The van der Waals surface area contributed by atoms with Crippen LogP contribution >= 0.6 is 0 Å². The minimum absolute atomic E-state index is 0.130. The van der Waals surface area contributed by atoms with E-state index in [1.54, 1.807) is 6.08 Å². The quantitative estimate of drug-likeness (QED) is 0.284. The zero-order valence-electron chi connectivity index (χ0n) is 8.64. The van der Waals surface area contributed by atoms with Gasteiger partial charge in [-0.25, -0.2) is 5.84 Å². The average molecular weight is 219 g/mol. The van der Waals surface area contributed by atoms with Crippen molar-refractivity contribution in [1.82, 2.24) is 10.7 Å². The molecule has 5 nitrogen and oxygen atoms in total. The van der Waals surface area contributed by atoms with Crippen LogP contribution in [0, 0.1) is 0 Å². The number of hydrogen-bond acceptors (Lipinski definition) is 3. The van der Waals surface area contributed by atoms with Crippen molar-refractivity contribution in [3.8, 4) is 0 Å². The zero-order valence-corrected chi connectivity index (χ0v) is 8.64. The normalized spacial score (nSPS) is 10.1. The first kappa shape index (κ1) is 11.9. The Hall–Kier alpha value is -2.14. The number of nitrogens with one attached hydrogen (secondary N) is 2. The van der Waals surface area contributed by atoms with Gasteiger partial charge in [0.25, 0.3) is 5.91 Å². The second-order valence-corrected chi connectivity index (χ2v) is 3.03. The molecule has 0 saturated carbocycles. The average Bonchev–Trinajstić information content (AvgIpc) is 2.34. The summed E-state index contributed by atoms with van der Waals surface area (Å²) in [7, 11) is 0. The molecule has 1 aromatic carbocycles. The number of carbonyl (C=O) groups is 2. The van der Waals surface area contributed by atoms with E-state index in [4.69, 9.17) is 5.84 Å². The highest BCUT2D eigenvalue weighted by molar-refractivity contribution is 5.94. The molecule has 0 atom stereocenters. The summed E-state index contributed by atoms with van der Waals surface area (Å²) in [5, 5.41) is 2.39. The number of amides is 2. The maximum atomic E-state index is 11.2. The highest BCUT2D eigenvalue weighted by Crippen LogP contribution is 2.00. The first-order valence-electron chi connectivity index (χ1n) is 4.73. The smallest absolute Gasteiger partial charge is 0.253 e. The summed E-state index contributed by atoms with van der Waals surface area (Å²) in [5.41, 5.74) is 2.83. The van der Waals surface area contributed by atoms with Gasteiger partial charge in [-0.15, -0.1) is 0 Å². The van der Waals surface area contributed by atoms with E-state index in [2.05, 4.69) is 5.32 Å². The van der Waals surface area contributed by atoms with Crippen LogP contribution in [0.2, 0.25) is 0 Å². The molecule has 0 heterocycles. The number of hydrogen-bond donors (Lipinski definition) is 3. The van der Waals surface area contributed by atoms with Gasteiger partial charge < -0.3 is 5.32 Å². The van der Waals surface area contributed by atoms with Gasteiger partial charge in [0.2, 0.25) is 5.91 Å². The van der Waals surface area contributed by atoms with Gasteiger partial charge in [0.05, 0.1) is 6.54 Å². The molecule has 0 unspecified atom stereocenters. The maximum Gasteiger partial charge on any atom is 0.253 e. The Morgan fingerprint density at radius 2 is 1.94 bits per heavy atom. The van der Waals surface area contributed by atoms with Crippen LogP contribution in [0.25, 0.3) is 6.08 Å². The predicted octanol–water partition coefficient (Wildman–Crippen LogP) is -0.194. The minimum atomic E-state index is -0.443. The van der Waals surface area contributed by atoms with Crippen LogP contribution in [0.4, 0.5) is 0 Å². The lowest BCUT2D eigenvalue weighted by atomic mass is 10.2. The highest BCUT2D eigenvalue weighted by Gasteiger charge is 1.99. The molecule has 0 aliphatic carbocycles. The van der Waals surface area contributed by atoms with Crippen LogP contribution in [0.1, 0.15) is 5.56 Å². The summed E-state index contributed by atoms with van der Waals surface area (Å²) < 4.78 is 0. The molecule has 0 bridgehead atoms. The zero-order chi connectivity index (χ0) is 11.8. The molecule has 0 fully saturated rings. The van der Waals surface area contributed by atoms with Gasteiger partial charge >= 0.3 is 0 Å². The Bertz CT molecular complexity index is 387. The molecule has 16 heavy (non-hydrogen) atoms. The predicted molar refractivity (Wildman–Crippen MR) is 60.8 cm³/mol. The fourth-order valence-corrected chi connectivity index (χ4v) is 1.01. The van der Waals surface area contributed by atoms with Gasteiger partial charge in [-0.2, -0.15) is 0 Å². The second-order valence-electron chi connectivity index (χ2n) is 3.03. The fraction of sp³-hybridized carbons (Fsp3) is 0.0909. The molecule has 1 rings (SSSR count). The molecule has 1 aromatic rings. The van der Waals surface area contributed by atoms with Crippen LogP contribution in [-0.4, -0.2) is 18.4 Å². The molecule has 0 aromatic heterocycles. The Morgan fingerprint density at radius 1 is 1.25 bits per heavy atom. The summed E-state index contributed by atoms with van der Waals surface area (Å²) in [4.78, 5) is 21.9. The van der Waals surface area contributed by atoms with Crippen molar-refractivity contribution >= 4 is 17.9 Å². The Kier molecular flexibility index (Phi) is 4.75. The third-order valence-corrected chi connectivity index (χ3v) is 1.81. The monoisotopic (exact) mass is 219 g/mol. The number of benzene rings is 1. The largest absolute Gasteiger partial charge is 0.343 e. The highest BCUT2D eigenvalue weighted by atomic mass is 16.2. The molecular weight excluding hydrogens is 206 g/mol. The minimum Gasteiger partial charge on any atom is -0.343 e. The Morgan fingerprint density at radius 3 is 2.56 bits per heavy atom. The molecule has 2 amide bonds. The SMILES string of the molecule is NNC(=O)CNC(=O)C=Cc1ccccc1. The third-order valence-electron chi connectivity index (χ3n) is 1.81. The van der Waals surface area contributed by atoms with Crippen LogP contribution in [0.15, 0.2) is 36.4 Å². The Balaban J connectivity index is 2.40. The number of hydrazine groups is 1. The van der Waals surface area contributed by atoms with E-state index >= 15 is 0 Å². The van der Waals surface area contributed by atoms with Crippen molar-refractivity contribution in [2.24, 2.45) is 5.84 Å². The van der Waals surface area contributed by atoms with Crippen molar-refractivity contribution < 1.29 is 9.59 Å². The lowest BCUT2D eigenvalue weighted by Gasteiger charge is -1.99. The molecule has 0 aliphatic rings. The summed E-state index contributed by atoms with van der Waals surface area (Å²) in [5.74, 6) is 4.07. The molecule has 0 aliphatic heterocycles. The first-order chi connectivity index (χ1) is 7.72. The molecule has 84 valence electrons. The van der Waals surface area contributed by atoms with Gasteiger partial charge in [0, 0.05) is 6.08 Å². The van der Waals surface area contributed by atoms with Gasteiger partial charge in [-0.3, -0.25) is 15.0 Å². The molecule has 0 saturated heterocycles. The van der Waals surface area contributed by atoms with E-state index < -0.39 is 5.91 Å². The van der Waals surface area contributed by atoms with Crippen molar-refractivity contribution in [2.75, 3.05) is 6.54 Å². The standard InChI is InChI=1S/C11H13N3O2/c12-14-11(16)8-13-10(15)7-6-9-4-2-1-3-5-9/h1-7H,8,12H2,(H,13,15)(H,14,16). The van der Waals surface area contributed by atoms with E-state index in [1.807, 2.05) is 35.8 Å². The fourth-order valence-electron chi connectivity index (χ4n) is 1.01. The van der Waals surface area contributed by atoms with Gasteiger partial charge in [0.15, 0.2) is 0 Å². The molecule has 5 heteroatoms. The molecule has 4 N–H and O–H groups in total. The summed E-state index contributed by atoms with van der Waals surface area (Å²) in [6.45, 7) is -0.130. The van der Waals surface area contributed by atoms with Crippen molar-refractivity contribution in [2.45, 2.75) is 0 Å². The number of carbonyl (C=O) groups excluding carboxylic acids is 2. The van der Waals surface area contributed by atoms with Crippen LogP contribution < -0.4 is 16.6 Å². The Labute approximate surface area is 93.3 Å². The summed E-state index contributed by atoms with van der Waals surface area (Å²) in [6.07, 6.45) is 3.02. The second kappa shape index (κ2) is 6.36. The van der Waals surface area contributed by atoms with Gasteiger partial charge in [-0.1, -0.05) is 30.3 Å². The molecular formula is C11H13N3O2. The van der Waals surface area contributed by atoms with Crippen LogP contribution in [0.3, 0.4) is 0 Å². The van der Waals surface area contributed by atoms with Gasteiger partial charge in [0.1, 0.15) is 0 Å². The maximum absolute atomic E-state index is 11.2. The lowest BCUT2D eigenvalue weighted by molar-refractivity contribution is -0.123. The van der Waals surface area contributed by atoms with Crippen molar-refractivity contribution in [3.05, 3.63) is 42.0 Å². The number of rotatable bonds is 4. The van der Waals surface area contributed by atoms with Crippen molar-refractivity contribution in [3.63, 3.8) is 0 Å². The topological polar surface area (TPSA) is 84.2 Å². The molecule has 0 spiro atoms. The summed E-state index contributed by atoms with van der Waals surface area (Å²) in [6, 6.07) is 9.38. The van der Waals surface area contributed by atoms with E-state index in [9.17, 15) is 9.59 Å². The number of nitrogens with two attached hydrogens (primary N) is 1. The van der Waals surface area contributed by atoms with Crippen LogP contribution in [-0.2, 0) is 9.59 Å².